The summed E-state index contributed by atoms with van der Waals surface area (Å²) in [6.45, 7) is 5.59. The maximum absolute atomic E-state index is 12.8. The number of aliphatic hydroxyl groups excluding tert-OH is 1. The molecule has 0 aromatic carbocycles. The van der Waals surface area contributed by atoms with Gasteiger partial charge in [0.25, 0.3) is 0 Å². The highest BCUT2D eigenvalue weighted by Crippen LogP contribution is 2.36. The molecule has 0 saturated carbocycles. The van der Waals surface area contributed by atoms with Gasteiger partial charge in [-0.25, -0.2) is 4.57 Å². The molecule has 61 heavy (non-hydrogen) atoms. The van der Waals surface area contributed by atoms with Gasteiger partial charge in [0.1, 0.15) is 12.6 Å². The van der Waals surface area contributed by atoms with Crippen LogP contribution in [0.25, 0.3) is 0 Å². The Balaban J connectivity index is 4.72. The van der Waals surface area contributed by atoms with Crippen LogP contribution in [0.3, 0.4) is 0 Å². The van der Waals surface area contributed by atoms with Gasteiger partial charge >= 0.3 is 25.7 Å². The summed E-state index contributed by atoms with van der Waals surface area (Å²) in [5, 5.41) is 19.3. The molecule has 354 valence electrons. The number of carboxylic acids is 1. The standard InChI is InChI=1S/C47H84NO11PS/c1-4-6-7-8-9-10-11-17-20-23-26-29-34-44(43(49)33-31-35-45(50)51)61-39-42(48)47(53)57-37-41(38-58-60(54,55)56)59-46(52)36-30-27-24-21-18-15-13-12-14-16-19-22-25-28-32-40(3)5-2/h9-10,17,20,23,26,29,34,40-44,49H,4-8,11-16,18-19,21-22,24-25,27-28,30-33,35-39,48H2,1-3H3,(H,50,51)(H2,54,55,56)/b10-9-,20-17-,26-23+,34-29+/t40?,41-,42+,43+,44-/m1/s1. The van der Waals surface area contributed by atoms with E-state index in [4.69, 9.17) is 20.3 Å². The number of allylic oxidation sites excluding steroid dienone is 7. The molecule has 0 amide bonds. The maximum Gasteiger partial charge on any atom is 0.469 e. The van der Waals surface area contributed by atoms with Gasteiger partial charge in [-0.2, -0.15) is 0 Å². The number of thioether (sulfide) groups is 1. The Bertz CT molecular complexity index is 1270. The van der Waals surface area contributed by atoms with Crippen molar-refractivity contribution in [3.63, 3.8) is 0 Å². The number of esters is 2. The van der Waals surface area contributed by atoms with Gasteiger partial charge < -0.3 is 35.2 Å². The van der Waals surface area contributed by atoms with Crippen molar-refractivity contribution in [3.05, 3.63) is 48.6 Å². The monoisotopic (exact) mass is 902 g/mol. The van der Waals surface area contributed by atoms with E-state index in [2.05, 4.69) is 37.4 Å². The zero-order chi connectivity index (χ0) is 45.4. The summed E-state index contributed by atoms with van der Waals surface area (Å²) < 4.78 is 26.6. The first-order valence-corrected chi connectivity index (χ1v) is 25.8. The van der Waals surface area contributed by atoms with Gasteiger partial charge in [-0.15, -0.1) is 11.8 Å². The fraction of sp³-hybridized carbons (Fsp3) is 0.766. The second kappa shape index (κ2) is 40.5. The molecule has 0 fully saturated rings. The number of nitrogens with two attached hydrogens (primary N) is 1. The molecule has 0 bridgehead atoms. The van der Waals surface area contributed by atoms with Crippen LogP contribution in [0, 0.1) is 5.92 Å². The molecule has 0 aliphatic rings. The van der Waals surface area contributed by atoms with Gasteiger partial charge in [0.05, 0.1) is 12.7 Å². The van der Waals surface area contributed by atoms with Gasteiger partial charge in [-0.1, -0.05) is 179 Å². The molecular formula is C47H84NO11PS. The summed E-state index contributed by atoms with van der Waals surface area (Å²) in [4.78, 5) is 54.8. The number of aliphatic hydroxyl groups is 1. The normalized spacial score (nSPS) is 14.9. The summed E-state index contributed by atoms with van der Waals surface area (Å²) in [5.74, 6) is -1.48. The third kappa shape index (κ3) is 40.3. The number of phosphoric acid groups is 1. The highest BCUT2D eigenvalue weighted by atomic mass is 32.2. The van der Waals surface area contributed by atoms with Crippen molar-refractivity contribution >= 4 is 37.5 Å². The quantitative estimate of drug-likeness (QED) is 0.0127. The van der Waals surface area contributed by atoms with E-state index in [-0.39, 0.29) is 31.4 Å². The van der Waals surface area contributed by atoms with E-state index in [9.17, 15) is 33.8 Å². The van der Waals surface area contributed by atoms with Crippen molar-refractivity contribution in [2.45, 2.75) is 205 Å². The SMILES string of the molecule is CCCCC/C=C\C\C=C/C=C/C=C/[C@@H](SC[C@H](N)C(=O)OC[C@H](COP(=O)(O)O)OC(=O)CCCCCCCCCCCCCCCCC(C)CC)[C@@H](O)CCCC(=O)O. The molecule has 0 aliphatic heterocycles. The predicted molar refractivity (Wildman–Crippen MR) is 249 cm³/mol. The van der Waals surface area contributed by atoms with Gasteiger partial charge in [0.2, 0.25) is 0 Å². The summed E-state index contributed by atoms with van der Waals surface area (Å²) >= 11 is 1.21. The molecule has 0 aliphatic carbocycles. The van der Waals surface area contributed by atoms with Gasteiger partial charge in [-0.3, -0.25) is 18.9 Å². The van der Waals surface area contributed by atoms with E-state index < -0.39 is 62.4 Å². The van der Waals surface area contributed by atoms with Crippen LogP contribution >= 0.6 is 19.6 Å². The van der Waals surface area contributed by atoms with E-state index in [1.165, 1.54) is 108 Å². The van der Waals surface area contributed by atoms with Crippen molar-refractivity contribution in [2.24, 2.45) is 11.7 Å². The first-order valence-electron chi connectivity index (χ1n) is 23.3. The van der Waals surface area contributed by atoms with Crippen LogP contribution in [0.4, 0.5) is 0 Å². The van der Waals surface area contributed by atoms with E-state index in [1.54, 1.807) is 12.2 Å². The molecule has 0 saturated heterocycles. The smallest absolute Gasteiger partial charge is 0.469 e. The summed E-state index contributed by atoms with van der Waals surface area (Å²) in [5.41, 5.74) is 6.11. The fourth-order valence-electron chi connectivity index (χ4n) is 6.38. The van der Waals surface area contributed by atoms with Crippen LogP contribution in [-0.2, 0) is 32.9 Å². The fourth-order valence-corrected chi connectivity index (χ4v) is 7.87. The maximum atomic E-state index is 12.8. The van der Waals surface area contributed by atoms with Crippen molar-refractivity contribution in [2.75, 3.05) is 19.0 Å². The second-order valence-corrected chi connectivity index (χ2v) is 18.6. The molecule has 5 atom stereocenters. The largest absolute Gasteiger partial charge is 0.481 e. The average molecular weight is 902 g/mol. The molecule has 1 unspecified atom stereocenters. The lowest BCUT2D eigenvalue weighted by atomic mass is 9.99. The van der Waals surface area contributed by atoms with Crippen molar-refractivity contribution < 1.29 is 52.9 Å². The Labute approximate surface area is 373 Å². The lowest BCUT2D eigenvalue weighted by Gasteiger charge is -2.22. The van der Waals surface area contributed by atoms with Crippen LogP contribution in [0.5, 0.6) is 0 Å². The predicted octanol–water partition coefficient (Wildman–Crippen LogP) is 11.1. The Kier molecular flexibility index (Phi) is 39.0. The number of aliphatic carboxylic acids is 1. The molecule has 0 radical (unpaired) electrons. The minimum atomic E-state index is -4.89. The number of hydrogen-bond donors (Lipinski definition) is 5. The molecule has 0 rings (SSSR count). The summed E-state index contributed by atoms with van der Waals surface area (Å²) in [6.07, 6.45) is 38.7. The van der Waals surface area contributed by atoms with Crippen LogP contribution in [-0.4, -0.2) is 80.4 Å². The van der Waals surface area contributed by atoms with E-state index >= 15 is 0 Å². The first kappa shape index (κ1) is 58.8. The minimum Gasteiger partial charge on any atom is -0.481 e. The van der Waals surface area contributed by atoms with E-state index in [0.29, 0.717) is 6.42 Å². The summed E-state index contributed by atoms with van der Waals surface area (Å²) in [7, 11) is -4.89. The van der Waals surface area contributed by atoms with Gasteiger partial charge in [0.15, 0.2) is 6.10 Å². The third-order valence-electron chi connectivity index (χ3n) is 10.4. The van der Waals surface area contributed by atoms with Crippen molar-refractivity contribution in [3.8, 4) is 0 Å². The second-order valence-electron chi connectivity index (χ2n) is 16.2. The Morgan fingerprint density at radius 2 is 1.33 bits per heavy atom. The minimum absolute atomic E-state index is 0.0420. The van der Waals surface area contributed by atoms with E-state index in [1.807, 2.05) is 24.3 Å². The number of phosphoric ester groups is 1. The van der Waals surface area contributed by atoms with E-state index in [0.717, 1.165) is 38.0 Å². The topological polar surface area (TPSA) is 203 Å². The van der Waals surface area contributed by atoms with Crippen LogP contribution in [0.15, 0.2) is 48.6 Å². The number of carbonyl (C=O) groups excluding carboxylic acids is 2. The Morgan fingerprint density at radius 3 is 1.92 bits per heavy atom. The van der Waals surface area contributed by atoms with Crippen LogP contribution < -0.4 is 5.73 Å². The third-order valence-corrected chi connectivity index (χ3v) is 12.3. The molecule has 0 heterocycles. The zero-order valence-corrected chi connectivity index (χ0v) is 39.6. The average Bonchev–Trinajstić information content (AvgIpc) is 3.22. The molecule has 14 heteroatoms. The molecule has 0 aromatic heterocycles. The van der Waals surface area contributed by atoms with Gasteiger partial charge in [0, 0.05) is 23.8 Å². The number of hydrogen-bond acceptors (Lipinski definition) is 10. The number of ether oxygens (including phenoxy) is 2. The lowest BCUT2D eigenvalue weighted by molar-refractivity contribution is -0.161. The molecule has 0 spiro atoms. The molecular weight excluding hydrogens is 818 g/mol. The number of carboxylic acid groups (broad SMARTS) is 1. The Hall–Kier alpha value is -2.25. The van der Waals surface area contributed by atoms with Crippen LogP contribution in [0.1, 0.15) is 181 Å². The zero-order valence-electron chi connectivity index (χ0n) is 37.9. The lowest BCUT2D eigenvalue weighted by Crippen LogP contribution is -2.38. The van der Waals surface area contributed by atoms with Gasteiger partial charge in [-0.05, 0) is 44.4 Å². The summed E-state index contributed by atoms with van der Waals surface area (Å²) in [6, 6.07) is -1.14. The highest BCUT2D eigenvalue weighted by Gasteiger charge is 2.26. The molecule has 0 aromatic rings. The molecule has 12 nitrogen and oxygen atoms in total. The molecule has 6 N–H and O–H groups in total. The first-order chi connectivity index (χ1) is 29.3. The highest BCUT2D eigenvalue weighted by molar-refractivity contribution is 8.00. The van der Waals surface area contributed by atoms with Crippen molar-refractivity contribution in [1.82, 2.24) is 0 Å². The Morgan fingerprint density at radius 1 is 0.721 bits per heavy atom. The number of rotatable bonds is 42. The number of carbonyl (C=O) groups is 3. The van der Waals surface area contributed by atoms with Crippen LogP contribution in [0.2, 0.25) is 0 Å². The van der Waals surface area contributed by atoms with Crippen molar-refractivity contribution in [1.29, 1.82) is 0 Å². The number of unbranched alkanes of at least 4 members (excludes halogenated alkanes) is 16.